The van der Waals surface area contributed by atoms with Gasteiger partial charge in [0, 0.05) is 18.2 Å². The number of carbonyl (C=O) groups is 2. The largest absolute Gasteiger partial charge is 0.472 e. The summed E-state index contributed by atoms with van der Waals surface area (Å²) in [5.41, 5.74) is 0.664. The Morgan fingerprint density at radius 2 is 1.95 bits per heavy atom. The summed E-state index contributed by atoms with van der Waals surface area (Å²) in [6.45, 7) is 0.239. The summed E-state index contributed by atoms with van der Waals surface area (Å²) in [7, 11) is 0. The number of aliphatic hydroxyl groups excluding tert-OH is 1. The van der Waals surface area contributed by atoms with Gasteiger partial charge in [-0.15, -0.1) is 0 Å². The molecule has 3 N–H and O–H groups in total. The number of hydrogen-bond acceptors (Lipinski definition) is 4. The van der Waals surface area contributed by atoms with Crippen LogP contribution in [0.25, 0.3) is 0 Å². The Morgan fingerprint density at radius 3 is 2.59 bits per heavy atom. The van der Waals surface area contributed by atoms with Gasteiger partial charge in [-0.2, -0.15) is 0 Å². The summed E-state index contributed by atoms with van der Waals surface area (Å²) in [6.07, 6.45) is 9.06. The SMILES string of the molecule is O=C(NCCC(O)c1ccoc1)C(=O)NC1CCCCCC1. The first kappa shape index (κ1) is 16.5. The highest BCUT2D eigenvalue weighted by molar-refractivity contribution is 6.35. The highest BCUT2D eigenvalue weighted by atomic mass is 16.3. The maximum absolute atomic E-state index is 11.8. The fraction of sp³-hybridized carbons (Fsp3) is 0.625. The maximum atomic E-state index is 11.8. The quantitative estimate of drug-likeness (QED) is 0.570. The van der Waals surface area contributed by atoms with Crippen molar-refractivity contribution in [3.05, 3.63) is 24.2 Å². The molecule has 22 heavy (non-hydrogen) atoms. The normalized spacial score (nSPS) is 17.5. The van der Waals surface area contributed by atoms with Crippen molar-refractivity contribution >= 4 is 11.8 Å². The van der Waals surface area contributed by atoms with Crippen LogP contribution in [-0.4, -0.2) is 29.5 Å². The summed E-state index contributed by atoms with van der Waals surface area (Å²) >= 11 is 0. The highest BCUT2D eigenvalue weighted by Gasteiger charge is 2.19. The molecule has 0 bridgehead atoms. The van der Waals surface area contributed by atoms with Crippen molar-refractivity contribution in [1.29, 1.82) is 0 Å². The van der Waals surface area contributed by atoms with Gasteiger partial charge in [0.2, 0.25) is 0 Å². The number of rotatable bonds is 5. The third-order valence-corrected chi connectivity index (χ3v) is 4.03. The molecule has 2 amide bonds. The first-order valence-corrected chi connectivity index (χ1v) is 7.95. The van der Waals surface area contributed by atoms with Gasteiger partial charge in [0.15, 0.2) is 0 Å². The summed E-state index contributed by atoms with van der Waals surface area (Å²) in [6, 6.07) is 1.78. The molecule has 0 aliphatic heterocycles. The Hall–Kier alpha value is -1.82. The van der Waals surface area contributed by atoms with Crippen LogP contribution in [0.15, 0.2) is 23.0 Å². The molecule has 1 heterocycles. The molecule has 1 aliphatic carbocycles. The van der Waals surface area contributed by atoms with Crippen LogP contribution in [0.2, 0.25) is 0 Å². The summed E-state index contributed by atoms with van der Waals surface area (Å²) in [5.74, 6) is -1.21. The van der Waals surface area contributed by atoms with Crippen molar-refractivity contribution in [2.45, 2.75) is 57.1 Å². The zero-order valence-electron chi connectivity index (χ0n) is 12.7. The van der Waals surface area contributed by atoms with E-state index in [1.54, 1.807) is 6.07 Å². The van der Waals surface area contributed by atoms with Gasteiger partial charge < -0.3 is 20.2 Å². The second-order valence-corrected chi connectivity index (χ2v) is 5.78. The number of furan rings is 1. The van der Waals surface area contributed by atoms with Gasteiger partial charge in [0.1, 0.15) is 0 Å². The van der Waals surface area contributed by atoms with Crippen molar-refractivity contribution in [2.24, 2.45) is 0 Å². The molecule has 1 fully saturated rings. The van der Waals surface area contributed by atoms with Crippen LogP contribution < -0.4 is 10.6 Å². The third-order valence-electron chi connectivity index (χ3n) is 4.03. The van der Waals surface area contributed by atoms with Gasteiger partial charge in [-0.3, -0.25) is 9.59 Å². The van der Waals surface area contributed by atoms with E-state index in [2.05, 4.69) is 10.6 Å². The fourth-order valence-corrected chi connectivity index (χ4v) is 2.71. The van der Waals surface area contributed by atoms with Gasteiger partial charge in [0.25, 0.3) is 0 Å². The van der Waals surface area contributed by atoms with Crippen molar-refractivity contribution in [3.8, 4) is 0 Å². The Kier molecular flexibility index (Phi) is 6.45. The number of carbonyl (C=O) groups excluding carboxylic acids is 2. The van der Waals surface area contributed by atoms with Crippen molar-refractivity contribution in [1.82, 2.24) is 10.6 Å². The molecule has 6 nitrogen and oxygen atoms in total. The minimum absolute atomic E-state index is 0.109. The molecular weight excluding hydrogens is 284 g/mol. The van der Waals surface area contributed by atoms with Gasteiger partial charge >= 0.3 is 11.8 Å². The minimum Gasteiger partial charge on any atom is -0.472 e. The lowest BCUT2D eigenvalue weighted by atomic mass is 10.1. The fourth-order valence-electron chi connectivity index (χ4n) is 2.71. The molecule has 0 saturated heterocycles. The smallest absolute Gasteiger partial charge is 0.309 e. The number of nitrogens with one attached hydrogen (secondary N) is 2. The predicted molar refractivity (Wildman–Crippen MR) is 80.9 cm³/mol. The highest BCUT2D eigenvalue weighted by Crippen LogP contribution is 2.17. The van der Waals surface area contributed by atoms with Gasteiger partial charge in [-0.25, -0.2) is 0 Å². The van der Waals surface area contributed by atoms with Gasteiger partial charge in [0.05, 0.1) is 18.6 Å². The van der Waals surface area contributed by atoms with Gasteiger partial charge in [-0.05, 0) is 25.3 Å². The average Bonchev–Trinajstić information content (AvgIpc) is 2.93. The van der Waals surface area contributed by atoms with E-state index in [0.717, 1.165) is 25.7 Å². The van der Waals surface area contributed by atoms with Crippen molar-refractivity contribution in [2.75, 3.05) is 6.54 Å². The lowest BCUT2D eigenvalue weighted by Crippen LogP contribution is -2.44. The molecule has 1 aromatic heterocycles. The standard InChI is InChI=1S/C16H24N2O4/c19-14(12-8-10-22-11-12)7-9-17-15(20)16(21)18-13-5-3-1-2-4-6-13/h8,10-11,13-14,19H,1-7,9H2,(H,17,20)(H,18,21). The molecule has 1 aromatic rings. The van der Waals surface area contributed by atoms with Crippen LogP contribution in [0.3, 0.4) is 0 Å². The molecule has 1 aliphatic rings. The van der Waals surface area contributed by atoms with Crippen LogP contribution in [0.1, 0.15) is 56.6 Å². The van der Waals surface area contributed by atoms with Crippen molar-refractivity contribution < 1.29 is 19.1 Å². The first-order chi connectivity index (χ1) is 10.7. The Labute approximate surface area is 130 Å². The molecule has 0 spiro atoms. The topological polar surface area (TPSA) is 91.6 Å². The Bertz CT molecular complexity index is 465. The molecule has 1 saturated carbocycles. The Morgan fingerprint density at radius 1 is 1.23 bits per heavy atom. The van der Waals surface area contributed by atoms with Crippen LogP contribution in [0, 0.1) is 0 Å². The zero-order chi connectivity index (χ0) is 15.8. The number of aliphatic hydroxyl groups is 1. The molecule has 2 rings (SSSR count). The first-order valence-electron chi connectivity index (χ1n) is 7.95. The predicted octanol–water partition coefficient (Wildman–Crippen LogP) is 1.66. The van der Waals surface area contributed by atoms with Crippen LogP contribution >= 0.6 is 0 Å². The Balaban J connectivity index is 1.66. The zero-order valence-corrected chi connectivity index (χ0v) is 12.7. The maximum Gasteiger partial charge on any atom is 0.309 e. The minimum atomic E-state index is -0.705. The van der Waals surface area contributed by atoms with E-state index in [1.165, 1.54) is 25.4 Å². The average molecular weight is 308 g/mol. The van der Waals surface area contributed by atoms with Crippen molar-refractivity contribution in [3.63, 3.8) is 0 Å². The summed E-state index contributed by atoms with van der Waals surface area (Å²) in [4.78, 5) is 23.6. The monoisotopic (exact) mass is 308 g/mol. The molecule has 6 heteroatoms. The molecule has 0 radical (unpaired) electrons. The number of hydrogen-bond donors (Lipinski definition) is 3. The molecule has 122 valence electrons. The second-order valence-electron chi connectivity index (χ2n) is 5.78. The molecule has 1 unspecified atom stereocenters. The lowest BCUT2D eigenvalue weighted by Gasteiger charge is -2.16. The molecule has 0 aromatic carbocycles. The lowest BCUT2D eigenvalue weighted by molar-refractivity contribution is -0.139. The van der Waals surface area contributed by atoms with Crippen LogP contribution in [0.4, 0.5) is 0 Å². The number of amides is 2. The van der Waals surface area contributed by atoms with E-state index in [0.29, 0.717) is 12.0 Å². The molecular formula is C16H24N2O4. The molecule has 1 atom stereocenters. The van der Waals surface area contributed by atoms with Crippen LogP contribution in [-0.2, 0) is 9.59 Å². The summed E-state index contributed by atoms with van der Waals surface area (Å²) < 4.78 is 4.88. The van der Waals surface area contributed by atoms with E-state index >= 15 is 0 Å². The van der Waals surface area contributed by atoms with E-state index in [-0.39, 0.29) is 12.6 Å². The van der Waals surface area contributed by atoms with E-state index in [4.69, 9.17) is 4.42 Å². The second kappa shape index (κ2) is 8.58. The van der Waals surface area contributed by atoms with E-state index < -0.39 is 17.9 Å². The van der Waals surface area contributed by atoms with Gasteiger partial charge in [-0.1, -0.05) is 25.7 Å². The van der Waals surface area contributed by atoms with E-state index in [1.807, 2.05) is 0 Å². The summed E-state index contributed by atoms with van der Waals surface area (Å²) in [5, 5.41) is 15.2. The van der Waals surface area contributed by atoms with E-state index in [9.17, 15) is 14.7 Å². The van der Waals surface area contributed by atoms with Crippen LogP contribution in [0.5, 0.6) is 0 Å². The third kappa shape index (κ3) is 5.18.